The highest BCUT2D eigenvalue weighted by molar-refractivity contribution is 5.96. The van der Waals surface area contributed by atoms with Crippen LogP contribution in [0.1, 0.15) is 27.7 Å². The molecule has 0 aromatic heterocycles. The molecule has 0 unspecified atom stereocenters. The molecule has 1 heterocycles. The van der Waals surface area contributed by atoms with Crippen molar-refractivity contribution in [2.24, 2.45) is 5.41 Å². The highest BCUT2D eigenvalue weighted by atomic mass is 16.2. The molecule has 0 aromatic rings. The Balaban J connectivity index is 2.65. The molecule has 0 atom stereocenters. The third-order valence-electron chi connectivity index (χ3n) is 2.91. The predicted molar refractivity (Wildman–Crippen MR) is 63.3 cm³/mol. The lowest BCUT2D eigenvalue weighted by Crippen LogP contribution is -2.55. The highest BCUT2D eigenvalue weighted by Crippen LogP contribution is 2.16. The number of hydrogen-bond acceptors (Lipinski definition) is 3. The number of rotatable bonds is 3. The molecule has 1 aliphatic rings. The van der Waals surface area contributed by atoms with Crippen molar-refractivity contribution in [1.29, 1.82) is 0 Å². The van der Waals surface area contributed by atoms with Gasteiger partial charge in [0.2, 0.25) is 11.8 Å². The molecule has 1 saturated heterocycles. The van der Waals surface area contributed by atoms with E-state index >= 15 is 0 Å². The lowest BCUT2D eigenvalue weighted by atomic mass is 9.90. The molecule has 0 N–H and O–H groups in total. The summed E-state index contributed by atoms with van der Waals surface area (Å²) in [4.78, 5) is 38.1. The molecule has 0 bridgehead atoms. The molecule has 0 aliphatic carbocycles. The summed E-state index contributed by atoms with van der Waals surface area (Å²) < 4.78 is 0. The second kappa shape index (κ2) is 4.85. The Kier molecular flexibility index (Phi) is 3.91. The van der Waals surface area contributed by atoms with Gasteiger partial charge in [0.05, 0.1) is 13.1 Å². The van der Waals surface area contributed by atoms with Gasteiger partial charge in [0.1, 0.15) is 6.54 Å². The maximum absolute atomic E-state index is 11.8. The minimum atomic E-state index is -0.481. The molecular formula is C12H20N2O3. The van der Waals surface area contributed by atoms with Crippen molar-refractivity contribution in [3.63, 3.8) is 0 Å². The molecule has 0 spiro atoms. The fraction of sp³-hybridized carbons (Fsp3) is 0.750. The van der Waals surface area contributed by atoms with E-state index in [0.717, 1.165) is 0 Å². The maximum atomic E-state index is 11.8. The van der Waals surface area contributed by atoms with Crippen molar-refractivity contribution in [3.05, 3.63) is 0 Å². The number of hydrogen-bond donors (Lipinski definition) is 0. The fourth-order valence-corrected chi connectivity index (χ4v) is 1.55. The van der Waals surface area contributed by atoms with Gasteiger partial charge in [0.15, 0.2) is 5.78 Å². The fourth-order valence-electron chi connectivity index (χ4n) is 1.55. The Morgan fingerprint density at radius 3 is 2.06 bits per heavy atom. The van der Waals surface area contributed by atoms with Crippen LogP contribution in [-0.2, 0) is 14.4 Å². The normalized spacial score (nSPS) is 17.6. The summed E-state index contributed by atoms with van der Waals surface area (Å²) in [5.41, 5.74) is -0.481. The number of Topliss-reactive ketones (excluding diaryl/α,β-unsaturated/α-hetero) is 1. The smallest absolute Gasteiger partial charge is 0.243 e. The van der Waals surface area contributed by atoms with Gasteiger partial charge in [-0.3, -0.25) is 14.4 Å². The van der Waals surface area contributed by atoms with Gasteiger partial charge in [-0.2, -0.15) is 0 Å². The van der Waals surface area contributed by atoms with E-state index in [1.807, 2.05) is 27.7 Å². The maximum Gasteiger partial charge on any atom is 0.243 e. The van der Waals surface area contributed by atoms with Gasteiger partial charge in [-0.1, -0.05) is 20.8 Å². The largest absolute Gasteiger partial charge is 0.332 e. The molecule has 0 saturated carbocycles. The Labute approximate surface area is 102 Å². The molecule has 1 fully saturated rings. The van der Waals surface area contributed by atoms with Crippen LogP contribution in [0, 0.1) is 5.41 Å². The first-order valence-corrected chi connectivity index (χ1v) is 5.84. The second-order valence-electron chi connectivity index (χ2n) is 5.33. The number of piperazine rings is 1. The van der Waals surface area contributed by atoms with Gasteiger partial charge in [-0.05, 0) is 6.92 Å². The molecule has 17 heavy (non-hydrogen) atoms. The molecule has 5 heteroatoms. The van der Waals surface area contributed by atoms with Gasteiger partial charge in [0, 0.05) is 12.0 Å². The van der Waals surface area contributed by atoms with Crippen LogP contribution in [0.3, 0.4) is 0 Å². The number of likely N-dealkylation sites (N-methyl/N-ethyl adjacent to an activating group) is 1. The van der Waals surface area contributed by atoms with Crippen LogP contribution in [0.15, 0.2) is 0 Å². The third-order valence-corrected chi connectivity index (χ3v) is 2.91. The Bertz CT molecular complexity index is 344. The van der Waals surface area contributed by atoms with Crippen molar-refractivity contribution >= 4 is 17.6 Å². The van der Waals surface area contributed by atoms with Gasteiger partial charge in [-0.15, -0.1) is 0 Å². The molecule has 0 radical (unpaired) electrons. The van der Waals surface area contributed by atoms with Crippen molar-refractivity contribution in [2.75, 3.05) is 26.2 Å². The van der Waals surface area contributed by atoms with Gasteiger partial charge in [-0.25, -0.2) is 0 Å². The summed E-state index contributed by atoms with van der Waals surface area (Å²) in [5.74, 6) is -0.263. The number of amides is 2. The molecule has 0 aromatic carbocycles. The molecule has 2 amide bonds. The van der Waals surface area contributed by atoms with E-state index in [4.69, 9.17) is 0 Å². The van der Waals surface area contributed by atoms with E-state index in [9.17, 15) is 14.4 Å². The first kappa shape index (κ1) is 13.7. The molecule has 1 rings (SSSR count). The zero-order valence-electron chi connectivity index (χ0n) is 10.9. The minimum Gasteiger partial charge on any atom is -0.332 e. The van der Waals surface area contributed by atoms with Crippen molar-refractivity contribution in [1.82, 2.24) is 9.80 Å². The second-order valence-corrected chi connectivity index (χ2v) is 5.33. The standard InChI is InChI=1S/C12H20N2O3/c1-5-13-7-11(17)14(8-10(13)16)6-9(15)12(2,3)4/h5-8H2,1-4H3. The van der Waals surface area contributed by atoms with Crippen LogP contribution >= 0.6 is 0 Å². The molecule has 96 valence electrons. The molecule has 5 nitrogen and oxygen atoms in total. The van der Waals surface area contributed by atoms with E-state index in [1.165, 1.54) is 9.80 Å². The van der Waals surface area contributed by atoms with Crippen LogP contribution in [0.5, 0.6) is 0 Å². The lowest BCUT2D eigenvalue weighted by Gasteiger charge is -2.34. The number of carbonyl (C=O) groups excluding carboxylic acids is 3. The first-order valence-electron chi connectivity index (χ1n) is 5.84. The number of ketones is 1. The van der Waals surface area contributed by atoms with Crippen LogP contribution in [0.2, 0.25) is 0 Å². The van der Waals surface area contributed by atoms with Crippen LogP contribution in [0.25, 0.3) is 0 Å². The zero-order chi connectivity index (χ0) is 13.2. The van der Waals surface area contributed by atoms with Crippen molar-refractivity contribution in [3.8, 4) is 0 Å². The van der Waals surface area contributed by atoms with Crippen molar-refractivity contribution < 1.29 is 14.4 Å². The first-order chi connectivity index (χ1) is 7.75. The monoisotopic (exact) mass is 240 g/mol. The summed E-state index contributed by atoms with van der Waals surface area (Å²) >= 11 is 0. The average molecular weight is 240 g/mol. The molecule has 1 aliphatic heterocycles. The Morgan fingerprint density at radius 1 is 1.12 bits per heavy atom. The number of nitrogens with zero attached hydrogens (tertiary/aromatic N) is 2. The number of carbonyl (C=O) groups is 3. The average Bonchev–Trinajstić information content (AvgIpc) is 2.21. The minimum absolute atomic E-state index is 0.0223. The van der Waals surface area contributed by atoms with Crippen LogP contribution in [0.4, 0.5) is 0 Å². The summed E-state index contributed by atoms with van der Waals surface area (Å²) in [6.45, 7) is 7.94. The van der Waals surface area contributed by atoms with Gasteiger partial charge >= 0.3 is 0 Å². The van der Waals surface area contributed by atoms with E-state index in [-0.39, 0.29) is 37.2 Å². The topological polar surface area (TPSA) is 57.7 Å². The SMILES string of the molecule is CCN1CC(=O)N(CC(=O)C(C)(C)C)CC1=O. The van der Waals surface area contributed by atoms with Gasteiger partial charge < -0.3 is 9.80 Å². The van der Waals surface area contributed by atoms with Gasteiger partial charge in [0.25, 0.3) is 0 Å². The van der Waals surface area contributed by atoms with E-state index in [2.05, 4.69) is 0 Å². The van der Waals surface area contributed by atoms with Crippen LogP contribution in [-0.4, -0.2) is 53.6 Å². The Hall–Kier alpha value is -1.39. The quantitative estimate of drug-likeness (QED) is 0.712. The predicted octanol–water partition coefficient (Wildman–Crippen LogP) is 0.292. The summed E-state index contributed by atoms with van der Waals surface area (Å²) in [5, 5.41) is 0. The Morgan fingerprint density at radius 2 is 1.59 bits per heavy atom. The van der Waals surface area contributed by atoms with E-state index in [1.54, 1.807) is 0 Å². The van der Waals surface area contributed by atoms with Crippen LogP contribution < -0.4 is 0 Å². The van der Waals surface area contributed by atoms with Crippen molar-refractivity contribution in [2.45, 2.75) is 27.7 Å². The zero-order valence-corrected chi connectivity index (χ0v) is 10.9. The highest BCUT2D eigenvalue weighted by Gasteiger charge is 2.32. The third kappa shape index (κ3) is 3.28. The molecular weight excluding hydrogens is 220 g/mol. The van der Waals surface area contributed by atoms with E-state index < -0.39 is 5.41 Å². The summed E-state index contributed by atoms with van der Waals surface area (Å²) in [7, 11) is 0. The van der Waals surface area contributed by atoms with E-state index in [0.29, 0.717) is 6.54 Å². The summed E-state index contributed by atoms with van der Waals surface area (Å²) in [6.07, 6.45) is 0. The lowest BCUT2D eigenvalue weighted by molar-refractivity contribution is -0.151. The summed E-state index contributed by atoms with van der Waals surface area (Å²) in [6, 6.07) is 0.